The Hall–Kier alpha value is -1.47. The van der Waals surface area contributed by atoms with Crippen LogP contribution in [0.4, 0.5) is 4.39 Å². The molecule has 2 atom stereocenters. The molecule has 2 aliphatic rings. The Balaban J connectivity index is 1.54. The monoisotopic (exact) mass is 354 g/mol. The van der Waals surface area contributed by atoms with Crippen LogP contribution in [0.25, 0.3) is 0 Å². The summed E-state index contributed by atoms with van der Waals surface area (Å²) in [5.41, 5.74) is 0.901. The Labute approximate surface area is 142 Å². The molecule has 3 rings (SSSR count). The molecule has 132 valence electrons. The number of carbonyl (C=O) groups is 1. The summed E-state index contributed by atoms with van der Waals surface area (Å²) in [6.07, 6.45) is 2.23. The SMILES string of the molecule is O=C(N[C@@H]1CCS(=O)(=O)C1)[C@H]1CCCN(Cc2cccc(F)c2)C1. The number of halogens is 1. The molecule has 0 saturated carbocycles. The molecule has 0 radical (unpaired) electrons. The van der Waals surface area contributed by atoms with Crippen LogP contribution in [0.2, 0.25) is 0 Å². The maximum atomic E-state index is 13.3. The summed E-state index contributed by atoms with van der Waals surface area (Å²) in [7, 11) is -2.99. The summed E-state index contributed by atoms with van der Waals surface area (Å²) in [5.74, 6) is -0.217. The van der Waals surface area contributed by atoms with Crippen LogP contribution < -0.4 is 5.32 Å². The van der Waals surface area contributed by atoms with E-state index < -0.39 is 9.84 Å². The summed E-state index contributed by atoms with van der Waals surface area (Å²) in [4.78, 5) is 14.6. The predicted molar refractivity (Wildman–Crippen MR) is 89.6 cm³/mol. The minimum Gasteiger partial charge on any atom is -0.352 e. The third-order valence-electron chi connectivity index (χ3n) is 4.75. The summed E-state index contributed by atoms with van der Waals surface area (Å²) in [6, 6.07) is 6.27. The van der Waals surface area contributed by atoms with Gasteiger partial charge in [0.05, 0.1) is 17.4 Å². The van der Waals surface area contributed by atoms with E-state index >= 15 is 0 Å². The lowest BCUT2D eigenvalue weighted by Crippen LogP contribution is -2.46. The second-order valence-corrected chi connectivity index (χ2v) is 9.04. The number of likely N-dealkylation sites (tertiary alicyclic amines) is 1. The maximum absolute atomic E-state index is 13.3. The van der Waals surface area contributed by atoms with Crippen molar-refractivity contribution in [3.8, 4) is 0 Å². The van der Waals surface area contributed by atoms with Gasteiger partial charge in [-0.3, -0.25) is 9.69 Å². The van der Waals surface area contributed by atoms with Crippen LogP contribution in [0.1, 0.15) is 24.8 Å². The minimum atomic E-state index is -2.99. The topological polar surface area (TPSA) is 66.5 Å². The van der Waals surface area contributed by atoms with E-state index in [2.05, 4.69) is 10.2 Å². The second kappa shape index (κ2) is 7.19. The molecule has 0 aromatic heterocycles. The van der Waals surface area contributed by atoms with Crippen molar-refractivity contribution in [1.29, 1.82) is 0 Å². The lowest BCUT2D eigenvalue weighted by molar-refractivity contribution is -0.127. The summed E-state index contributed by atoms with van der Waals surface area (Å²) >= 11 is 0. The van der Waals surface area contributed by atoms with Crippen molar-refractivity contribution in [3.63, 3.8) is 0 Å². The third kappa shape index (κ3) is 4.54. The van der Waals surface area contributed by atoms with Gasteiger partial charge in [-0.1, -0.05) is 12.1 Å². The molecule has 5 nitrogen and oxygen atoms in total. The standard InChI is InChI=1S/C17H23FN2O3S/c18-15-5-1-3-13(9-15)10-20-7-2-4-14(11-20)17(21)19-16-6-8-24(22,23)12-16/h1,3,5,9,14,16H,2,4,6-8,10-12H2,(H,19,21)/t14-,16+/m0/s1. The van der Waals surface area contributed by atoms with Crippen molar-refractivity contribution in [2.24, 2.45) is 5.92 Å². The van der Waals surface area contributed by atoms with E-state index in [1.54, 1.807) is 6.07 Å². The zero-order valence-corrected chi connectivity index (χ0v) is 14.4. The van der Waals surface area contributed by atoms with Crippen molar-refractivity contribution in [2.75, 3.05) is 24.6 Å². The molecule has 1 aromatic rings. The summed E-state index contributed by atoms with van der Waals surface area (Å²) in [5, 5.41) is 2.89. The van der Waals surface area contributed by atoms with Gasteiger partial charge in [-0.15, -0.1) is 0 Å². The quantitative estimate of drug-likeness (QED) is 0.886. The van der Waals surface area contributed by atoms with Gasteiger partial charge in [0.1, 0.15) is 5.82 Å². The van der Waals surface area contributed by atoms with Gasteiger partial charge in [0.25, 0.3) is 0 Å². The first kappa shape index (κ1) is 17.4. The van der Waals surface area contributed by atoms with E-state index in [4.69, 9.17) is 0 Å². The highest BCUT2D eigenvalue weighted by molar-refractivity contribution is 7.91. The second-order valence-electron chi connectivity index (χ2n) is 6.81. The molecule has 0 bridgehead atoms. The number of sulfone groups is 1. The predicted octanol–water partition coefficient (Wildman–Crippen LogP) is 1.34. The van der Waals surface area contributed by atoms with Crippen molar-refractivity contribution in [2.45, 2.75) is 31.8 Å². The molecule has 0 spiro atoms. The van der Waals surface area contributed by atoms with Gasteiger partial charge >= 0.3 is 0 Å². The Morgan fingerprint density at radius 2 is 2.17 bits per heavy atom. The summed E-state index contributed by atoms with van der Waals surface area (Å²) < 4.78 is 36.3. The first-order chi connectivity index (χ1) is 11.4. The molecular weight excluding hydrogens is 331 g/mol. The average molecular weight is 354 g/mol. The smallest absolute Gasteiger partial charge is 0.224 e. The normalized spacial score (nSPS) is 27.0. The molecule has 2 heterocycles. The first-order valence-corrected chi connectivity index (χ1v) is 10.2. The fourth-order valence-corrected chi connectivity index (χ4v) is 5.21. The molecule has 1 N–H and O–H groups in total. The highest BCUT2D eigenvalue weighted by atomic mass is 32.2. The third-order valence-corrected chi connectivity index (χ3v) is 6.52. The van der Waals surface area contributed by atoms with E-state index in [9.17, 15) is 17.6 Å². The Kier molecular flexibility index (Phi) is 5.20. The van der Waals surface area contributed by atoms with Gasteiger partial charge < -0.3 is 5.32 Å². The number of hydrogen-bond acceptors (Lipinski definition) is 4. The van der Waals surface area contributed by atoms with Crippen LogP contribution in [0, 0.1) is 11.7 Å². The van der Waals surface area contributed by atoms with Crippen LogP contribution in [-0.4, -0.2) is 49.9 Å². The number of piperidine rings is 1. The average Bonchev–Trinajstić information content (AvgIpc) is 2.86. The molecule has 2 fully saturated rings. The Bertz CT molecular complexity index is 708. The van der Waals surface area contributed by atoms with Crippen LogP contribution in [0.15, 0.2) is 24.3 Å². The molecule has 2 saturated heterocycles. The van der Waals surface area contributed by atoms with E-state index in [-0.39, 0.29) is 35.2 Å². The van der Waals surface area contributed by atoms with Crippen LogP contribution in [-0.2, 0) is 21.2 Å². The zero-order chi connectivity index (χ0) is 17.2. The van der Waals surface area contributed by atoms with Crippen molar-refractivity contribution < 1.29 is 17.6 Å². The molecule has 0 aliphatic carbocycles. The molecular formula is C17H23FN2O3S. The highest BCUT2D eigenvalue weighted by Gasteiger charge is 2.32. The van der Waals surface area contributed by atoms with Gasteiger partial charge in [0.2, 0.25) is 5.91 Å². The molecule has 2 aliphatic heterocycles. The van der Waals surface area contributed by atoms with Gasteiger partial charge in [0, 0.05) is 19.1 Å². The van der Waals surface area contributed by atoms with Crippen molar-refractivity contribution >= 4 is 15.7 Å². The minimum absolute atomic E-state index is 0.0540. The number of nitrogens with one attached hydrogen (secondary N) is 1. The van der Waals surface area contributed by atoms with Crippen molar-refractivity contribution in [3.05, 3.63) is 35.6 Å². The number of hydrogen-bond donors (Lipinski definition) is 1. The van der Waals surface area contributed by atoms with E-state index in [0.717, 1.165) is 24.9 Å². The van der Waals surface area contributed by atoms with Gasteiger partial charge in [-0.25, -0.2) is 12.8 Å². The Morgan fingerprint density at radius 3 is 2.88 bits per heavy atom. The lowest BCUT2D eigenvalue weighted by Gasteiger charge is -2.32. The Morgan fingerprint density at radius 1 is 1.33 bits per heavy atom. The van der Waals surface area contributed by atoms with E-state index in [0.29, 0.717) is 19.5 Å². The van der Waals surface area contributed by atoms with Crippen molar-refractivity contribution in [1.82, 2.24) is 10.2 Å². The number of rotatable bonds is 4. The van der Waals surface area contributed by atoms with Gasteiger partial charge in [-0.05, 0) is 43.5 Å². The fourth-order valence-electron chi connectivity index (χ4n) is 3.53. The van der Waals surface area contributed by atoms with E-state index in [1.807, 2.05) is 6.07 Å². The largest absolute Gasteiger partial charge is 0.352 e. The van der Waals surface area contributed by atoms with Crippen LogP contribution >= 0.6 is 0 Å². The summed E-state index contributed by atoms with van der Waals surface area (Å²) in [6.45, 7) is 2.14. The number of nitrogens with zero attached hydrogens (tertiary/aromatic N) is 1. The highest BCUT2D eigenvalue weighted by Crippen LogP contribution is 2.20. The van der Waals surface area contributed by atoms with Gasteiger partial charge in [0.15, 0.2) is 9.84 Å². The number of benzene rings is 1. The molecule has 24 heavy (non-hydrogen) atoms. The number of carbonyl (C=O) groups excluding carboxylic acids is 1. The lowest BCUT2D eigenvalue weighted by atomic mass is 9.96. The maximum Gasteiger partial charge on any atom is 0.224 e. The zero-order valence-electron chi connectivity index (χ0n) is 13.6. The van der Waals surface area contributed by atoms with E-state index in [1.165, 1.54) is 12.1 Å². The van der Waals surface area contributed by atoms with Gasteiger partial charge in [-0.2, -0.15) is 0 Å². The molecule has 1 aromatic carbocycles. The molecule has 1 amide bonds. The molecule has 7 heteroatoms. The molecule has 0 unspecified atom stereocenters. The van der Waals surface area contributed by atoms with Crippen LogP contribution in [0.5, 0.6) is 0 Å². The fraction of sp³-hybridized carbons (Fsp3) is 0.588. The first-order valence-electron chi connectivity index (χ1n) is 8.39. The van der Waals surface area contributed by atoms with Crippen LogP contribution in [0.3, 0.4) is 0 Å². The number of amides is 1.